The van der Waals surface area contributed by atoms with E-state index in [9.17, 15) is 9.59 Å². The van der Waals surface area contributed by atoms with E-state index in [0.717, 1.165) is 12.8 Å². The van der Waals surface area contributed by atoms with Crippen molar-refractivity contribution in [2.45, 2.75) is 44.9 Å². The molecular formula is C11H20N2O2S. The Bertz CT molecular complexity index is 296. The molecule has 5 heteroatoms. The van der Waals surface area contributed by atoms with E-state index in [1.54, 1.807) is 4.90 Å². The van der Waals surface area contributed by atoms with E-state index in [0.29, 0.717) is 19.5 Å². The van der Waals surface area contributed by atoms with Gasteiger partial charge in [-0.05, 0) is 19.8 Å². The zero-order chi connectivity index (χ0) is 12.3. The summed E-state index contributed by atoms with van der Waals surface area (Å²) in [5.74, 6) is -0.179. The van der Waals surface area contributed by atoms with Crippen LogP contribution in [0.25, 0.3) is 0 Å². The third kappa shape index (κ3) is 1.93. The van der Waals surface area contributed by atoms with Crippen LogP contribution in [0.5, 0.6) is 0 Å². The Morgan fingerprint density at radius 2 is 1.88 bits per heavy atom. The molecule has 1 fully saturated rings. The summed E-state index contributed by atoms with van der Waals surface area (Å²) in [5, 5.41) is 0. The largest absolute Gasteiger partial charge is 0.328 e. The lowest BCUT2D eigenvalue weighted by Crippen LogP contribution is -2.44. The normalized spacial score (nSPS) is 25.8. The smallest absolute Gasteiger partial charge is 0.301 e. The number of thiol groups is 1. The fourth-order valence-corrected chi connectivity index (χ4v) is 2.25. The highest BCUT2D eigenvalue weighted by atomic mass is 32.1. The average Bonchev–Trinajstić information content (AvgIpc) is 2.46. The Labute approximate surface area is 102 Å². The summed E-state index contributed by atoms with van der Waals surface area (Å²) in [7, 11) is 0. The highest BCUT2D eigenvalue weighted by Gasteiger charge is 2.53. The van der Waals surface area contributed by atoms with Crippen LogP contribution in [0.2, 0.25) is 0 Å². The van der Waals surface area contributed by atoms with Gasteiger partial charge in [0.1, 0.15) is 0 Å². The lowest BCUT2D eigenvalue weighted by atomic mass is 10.2. The second kappa shape index (κ2) is 5.08. The van der Waals surface area contributed by atoms with E-state index in [4.69, 9.17) is 0 Å². The summed E-state index contributed by atoms with van der Waals surface area (Å²) >= 11 is 4.43. The first-order chi connectivity index (χ1) is 7.52. The van der Waals surface area contributed by atoms with Crippen LogP contribution in [0, 0.1) is 0 Å². The minimum Gasteiger partial charge on any atom is -0.301 e. The number of rotatable bonds is 5. The molecule has 1 saturated heterocycles. The van der Waals surface area contributed by atoms with Gasteiger partial charge in [0, 0.05) is 13.1 Å². The average molecular weight is 244 g/mol. The molecule has 1 aliphatic rings. The van der Waals surface area contributed by atoms with Gasteiger partial charge < -0.3 is 4.90 Å². The molecule has 1 unspecified atom stereocenters. The number of imide groups is 1. The Morgan fingerprint density at radius 3 is 2.31 bits per heavy atom. The maximum absolute atomic E-state index is 12.1. The molecule has 1 rings (SSSR count). The van der Waals surface area contributed by atoms with Crippen molar-refractivity contribution in [3.8, 4) is 0 Å². The minimum absolute atomic E-state index is 0.179. The maximum Gasteiger partial charge on any atom is 0.328 e. The summed E-state index contributed by atoms with van der Waals surface area (Å²) in [6, 6.07) is -0.196. The van der Waals surface area contributed by atoms with E-state index in [2.05, 4.69) is 19.6 Å². The van der Waals surface area contributed by atoms with Crippen molar-refractivity contribution >= 4 is 24.6 Å². The first kappa shape index (κ1) is 13.4. The van der Waals surface area contributed by atoms with Crippen LogP contribution in [0.3, 0.4) is 0 Å². The van der Waals surface area contributed by atoms with Crippen molar-refractivity contribution < 1.29 is 9.59 Å². The Hall–Kier alpha value is -0.710. The minimum atomic E-state index is -0.928. The van der Waals surface area contributed by atoms with E-state index < -0.39 is 4.87 Å². The molecule has 92 valence electrons. The molecule has 0 saturated carbocycles. The second-order valence-corrected chi connectivity index (χ2v) is 4.75. The van der Waals surface area contributed by atoms with E-state index >= 15 is 0 Å². The number of nitrogens with zero attached hydrogens (tertiary/aromatic N) is 2. The van der Waals surface area contributed by atoms with Gasteiger partial charge in [0.05, 0.1) is 0 Å². The standard InChI is InChI=1S/C11H20N2O2S/c1-4-7-8-13-10(15)12(6-3)9(14)11(13,16)5-2/h16H,4-8H2,1-3H3. The molecule has 3 amide bonds. The van der Waals surface area contributed by atoms with Crippen LogP contribution in [0.4, 0.5) is 4.79 Å². The van der Waals surface area contributed by atoms with Crippen molar-refractivity contribution in [2.24, 2.45) is 0 Å². The van der Waals surface area contributed by atoms with Gasteiger partial charge in [-0.15, -0.1) is 12.6 Å². The molecule has 4 nitrogen and oxygen atoms in total. The monoisotopic (exact) mass is 244 g/mol. The molecule has 0 spiro atoms. The molecule has 0 radical (unpaired) electrons. The molecule has 16 heavy (non-hydrogen) atoms. The predicted molar refractivity (Wildman–Crippen MR) is 66.4 cm³/mol. The van der Waals surface area contributed by atoms with Crippen molar-refractivity contribution in [2.75, 3.05) is 13.1 Å². The van der Waals surface area contributed by atoms with E-state index in [1.807, 2.05) is 13.8 Å². The summed E-state index contributed by atoms with van der Waals surface area (Å²) in [6.45, 7) is 6.78. The third-order valence-electron chi connectivity index (χ3n) is 3.04. The number of carbonyl (C=O) groups excluding carboxylic acids is 2. The summed E-state index contributed by atoms with van der Waals surface area (Å²) in [6.07, 6.45) is 2.44. The molecule has 1 atom stereocenters. The molecule has 0 aromatic rings. The first-order valence-electron chi connectivity index (χ1n) is 5.88. The van der Waals surface area contributed by atoms with Gasteiger partial charge in [-0.3, -0.25) is 9.69 Å². The number of amides is 3. The van der Waals surface area contributed by atoms with Gasteiger partial charge >= 0.3 is 6.03 Å². The van der Waals surface area contributed by atoms with E-state index in [-0.39, 0.29) is 11.9 Å². The predicted octanol–water partition coefficient (Wildman–Crippen LogP) is 2.11. The van der Waals surface area contributed by atoms with Crippen LogP contribution >= 0.6 is 12.6 Å². The molecule has 0 N–H and O–H groups in total. The van der Waals surface area contributed by atoms with Gasteiger partial charge in [-0.1, -0.05) is 20.3 Å². The van der Waals surface area contributed by atoms with Gasteiger partial charge in [0.2, 0.25) is 0 Å². The van der Waals surface area contributed by atoms with Gasteiger partial charge in [-0.25, -0.2) is 4.79 Å². The lowest BCUT2D eigenvalue weighted by molar-refractivity contribution is -0.129. The SMILES string of the molecule is CCCCN1C(=O)N(CC)C(=O)C1(S)CC. The lowest BCUT2D eigenvalue weighted by Gasteiger charge is -2.29. The number of hydrogen-bond acceptors (Lipinski definition) is 3. The summed E-state index contributed by atoms with van der Waals surface area (Å²) in [5.41, 5.74) is 0. The van der Waals surface area contributed by atoms with Crippen LogP contribution in [-0.4, -0.2) is 39.7 Å². The summed E-state index contributed by atoms with van der Waals surface area (Å²) in [4.78, 5) is 26.0. The topological polar surface area (TPSA) is 40.6 Å². The highest BCUT2D eigenvalue weighted by Crippen LogP contribution is 2.34. The Balaban J connectivity index is 2.95. The second-order valence-electron chi connectivity index (χ2n) is 4.01. The van der Waals surface area contributed by atoms with Crippen molar-refractivity contribution in [3.05, 3.63) is 0 Å². The fourth-order valence-electron chi connectivity index (χ4n) is 1.94. The van der Waals surface area contributed by atoms with Gasteiger partial charge in [0.15, 0.2) is 4.87 Å². The third-order valence-corrected chi connectivity index (χ3v) is 3.79. The van der Waals surface area contributed by atoms with Gasteiger partial charge in [-0.2, -0.15) is 0 Å². The first-order valence-corrected chi connectivity index (χ1v) is 6.33. The van der Waals surface area contributed by atoms with E-state index in [1.165, 1.54) is 4.90 Å². The Morgan fingerprint density at radius 1 is 1.25 bits per heavy atom. The van der Waals surface area contributed by atoms with Crippen molar-refractivity contribution in [1.82, 2.24) is 9.80 Å². The molecule has 0 bridgehead atoms. The number of urea groups is 1. The number of hydrogen-bond donors (Lipinski definition) is 1. The van der Waals surface area contributed by atoms with Crippen LogP contribution in [0.15, 0.2) is 0 Å². The van der Waals surface area contributed by atoms with Gasteiger partial charge in [0.25, 0.3) is 5.91 Å². The van der Waals surface area contributed by atoms with Crippen LogP contribution in [0.1, 0.15) is 40.0 Å². The maximum atomic E-state index is 12.1. The molecule has 0 aromatic heterocycles. The zero-order valence-corrected chi connectivity index (χ0v) is 11.1. The molecule has 0 aromatic carbocycles. The molecular weight excluding hydrogens is 224 g/mol. The molecule has 1 aliphatic heterocycles. The fraction of sp³-hybridized carbons (Fsp3) is 0.818. The highest BCUT2D eigenvalue weighted by molar-refractivity contribution is 7.82. The quantitative estimate of drug-likeness (QED) is 0.594. The molecule has 0 aliphatic carbocycles. The van der Waals surface area contributed by atoms with Crippen molar-refractivity contribution in [3.63, 3.8) is 0 Å². The number of carbonyl (C=O) groups is 2. The number of unbranched alkanes of at least 4 members (excludes halogenated alkanes) is 1. The van der Waals surface area contributed by atoms with Crippen LogP contribution in [-0.2, 0) is 4.79 Å². The number of likely N-dealkylation sites (N-methyl/N-ethyl adjacent to an activating group) is 1. The Kier molecular flexibility index (Phi) is 4.24. The van der Waals surface area contributed by atoms with Crippen LogP contribution < -0.4 is 0 Å². The zero-order valence-electron chi connectivity index (χ0n) is 10.2. The molecule has 1 heterocycles. The van der Waals surface area contributed by atoms with Crippen molar-refractivity contribution in [1.29, 1.82) is 0 Å². The summed E-state index contributed by atoms with van der Waals surface area (Å²) < 4.78 is 0.